The molecule has 2 N–H and O–H groups in total. The number of anilines is 2. The Morgan fingerprint density at radius 1 is 0.931 bits per heavy atom. The van der Waals surface area contributed by atoms with E-state index in [4.69, 9.17) is 9.47 Å². The highest BCUT2D eigenvalue weighted by Crippen LogP contribution is 2.29. The number of rotatable bonds is 7. The Bertz CT molecular complexity index is 1010. The molecule has 9 heteroatoms. The molecule has 0 saturated carbocycles. The van der Waals surface area contributed by atoms with Gasteiger partial charge >= 0.3 is 0 Å². The Morgan fingerprint density at radius 3 is 2.24 bits per heavy atom. The number of amides is 2. The van der Waals surface area contributed by atoms with E-state index in [9.17, 15) is 9.59 Å². The minimum atomic E-state index is -0.455. The molecule has 0 bridgehead atoms. The standard InChI is InChI=1S/C20H20N4O4S/c1-4-16-23-24-20(29-16)22-18(25)12-8-5-6-9-13(12)21-19(26)17-14(27-2)10-7-11-15(17)28-3/h5-11H,4H2,1-3H3,(H,21,26)(H,22,24,25). The van der Waals surface area contributed by atoms with E-state index in [-0.39, 0.29) is 5.56 Å². The van der Waals surface area contributed by atoms with Gasteiger partial charge in [-0.2, -0.15) is 0 Å². The van der Waals surface area contributed by atoms with Crippen molar-refractivity contribution < 1.29 is 19.1 Å². The molecule has 0 aliphatic heterocycles. The van der Waals surface area contributed by atoms with Crippen LogP contribution in [0.4, 0.5) is 10.8 Å². The number of carbonyl (C=O) groups is 2. The summed E-state index contributed by atoms with van der Waals surface area (Å²) in [5.74, 6) is -0.120. The number of hydrogen-bond acceptors (Lipinski definition) is 7. The summed E-state index contributed by atoms with van der Waals surface area (Å²) in [6, 6.07) is 11.8. The van der Waals surface area contributed by atoms with E-state index in [1.165, 1.54) is 25.6 Å². The van der Waals surface area contributed by atoms with Crippen LogP contribution in [-0.4, -0.2) is 36.2 Å². The van der Waals surface area contributed by atoms with E-state index >= 15 is 0 Å². The third-order valence-electron chi connectivity index (χ3n) is 4.06. The average molecular weight is 412 g/mol. The highest BCUT2D eigenvalue weighted by atomic mass is 32.1. The molecule has 8 nitrogen and oxygen atoms in total. The number of aromatic nitrogens is 2. The van der Waals surface area contributed by atoms with Crippen LogP contribution in [0.5, 0.6) is 11.5 Å². The summed E-state index contributed by atoms with van der Waals surface area (Å²) in [5.41, 5.74) is 0.885. The Morgan fingerprint density at radius 2 is 1.62 bits per heavy atom. The second-order valence-corrected chi connectivity index (χ2v) is 6.91. The van der Waals surface area contributed by atoms with Gasteiger partial charge in [0.15, 0.2) is 0 Å². The van der Waals surface area contributed by atoms with Gasteiger partial charge in [-0.3, -0.25) is 14.9 Å². The van der Waals surface area contributed by atoms with Crippen molar-refractivity contribution in [2.45, 2.75) is 13.3 Å². The minimum absolute atomic E-state index is 0.240. The Hall–Kier alpha value is -3.46. The maximum Gasteiger partial charge on any atom is 0.263 e. The van der Waals surface area contributed by atoms with Crippen LogP contribution in [0.15, 0.2) is 42.5 Å². The number of hydrogen-bond donors (Lipinski definition) is 2. The van der Waals surface area contributed by atoms with E-state index in [1.807, 2.05) is 6.92 Å². The Kier molecular flexibility index (Phi) is 6.40. The van der Waals surface area contributed by atoms with Gasteiger partial charge in [-0.05, 0) is 30.7 Å². The fourth-order valence-electron chi connectivity index (χ4n) is 2.66. The van der Waals surface area contributed by atoms with E-state index in [1.54, 1.807) is 42.5 Å². The quantitative estimate of drug-likeness (QED) is 0.614. The number of benzene rings is 2. The van der Waals surface area contributed by atoms with Gasteiger partial charge in [0.25, 0.3) is 11.8 Å². The van der Waals surface area contributed by atoms with Crippen LogP contribution in [-0.2, 0) is 6.42 Å². The van der Waals surface area contributed by atoms with Gasteiger partial charge in [0.05, 0.1) is 25.5 Å². The van der Waals surface area contributed by atoms with Crippen molar-refractivity contribution in [2.24, 2.45) is 0 Å². The summed E-state index contributed by atoms with van der Waals surface area (Å²) in [7, 11) is 2.94. The molecule has 0 saturated heterocycles. The zero-order valence-corrected chi connectivity index (χ0v) is 17.0. The molecule has 150 valence electrons. The molecule has 0 unspecified atom stereocenters. The van der Waals surface area contributed by atoms with Gasteiger partial charge in [0, 0.05) is 0 Å². The molecule has 0 fully saturated rings. The van der Waals surface area contributed by atoms with Crippen LogP contribution in [0.3, 0.4) is 0 Å². The monoisotopic (exact) mass is 412 g/mol. The number of para-hydroxylation sites is 1. The van der Waals surface area contributed by atoms with Crippen molar-refractivity contribution in [3.05, 3.63) is 58.6 Å². The fraction of sp³-hybridized carbons (Fsp3) is 0.200. The summed E-state index contributed by atoms with van der Waals surface area (Å²) in [6.07, 6.45) is 0.737. The smallest absolute Gasteiger partial charge is 0.263 e. The van der Waals surface area contributed by atoms with E-state index in [0.29, 0.717) is 27.9 Å². The van der Waals surface area contributed by atoms with E-state index in [2.05, 4.69) is 20.8 Å². The van der Waals surface area contributed by atoms with Gasteiger partial charge in [-0.25, -0.2) is 0 Å². The summed E-state index contributed by atoms with van der Waals surface area (Å²) >= 11 is 1.31. The van der Waals surface area contributed by atoms with Crippen LogP contribution in [0.25, 0.3) is 0 Å². The van der Waals surface area contributed by atoms with Crippen LogP contribution >= 0.6 is 11.3 Å². The third kappa shape index (κ3) is 4.52. The summed E-state index contributed by atoms with van der Waals surface area (Å²) in [5, 5.41) is 14.6. The molecule has 0 atom stereocenters. The topological polar surface area (TPSA) is 102 Å². The van der Waals surface area contributed by atoms with E-state index in [0.717, 1.165) is 11.4 Å². The lowest BCUT2D eigenvalue weighted by Crippen LogP contribution is -2.19. The van der Waals surface area contributed by atoms with Crippen LogP contribution in [0.2, 0.25) is 0 Å². The number of nitrogens with one attached hydrogen (secondary N) is 2. The van der Waals surface area contributed by atoms with E-state index < -0.39 is 11.8 Å². The largest absolute Gasteiger partial charge is 0.496 e. The third-order valence-corrected chi connectivity index (χ3v) is 5.05. The normalized spacial score (nSPS) is 10.3. The number of carbonyl (C=O) groups excluding carboxylic acids is 2. The predicted molar refractivity (Wildman–Crippen MR) is 111 cm³/mol. The fourth-order valence-corrected chi connectivity index (χ4v) is 3.34. The first-order valence-corrected chi connectivity index (χ1v) is 9.64. The van der Waals surface area contributed by atoms with Crippen LogP contribution in [0.1, 0.15) is 32.6 Å². The molecule has 1 aromatic heterocycles. The molecule has 29 heavy (non-hydrogen) atoms. The highest BCUT2D eigenvalue weighted by Gasteiger charge is 2.21. The van der Waals surface area contributed by atoms with Gasteiger partial charge < -0.3 is 14.8 Å². The molecule has 0 aliphatic rings. The second kappa shape index (κ2) is 9.16. The van der Waals surface area contributed by atoms with Crippen molar-refractivity contribution in [2.75, 3.05) is 24.9 Å². The van der Waals surface area contributed by atoms with Gasteiger partial charge in [0.1, 0.15) is 22.1 Å². The number of ether oxygens (including phenoxy) is 2. The van der Waals surface area contributed by atoms with Crippen molar-refractivity contribution in [1.82, 2.24) is 10.2 Å². The van der Waals surface area contributed by atoms with Gasteiger partial charge in [0.2, 0.25) is 5.13 Å². The van der Waals surface area contributed by atoms with Crippen molar-refractivity contribution in [3.8, 4) is 11.5 Å². The van der Waals surface area contributed by atoms with Crippen LogP contribution in [0, 0.1) is 0 Å². The summed E-state index contributed by atoms with van der Waals surface area (Å²) < 4.78 is 10.6. The number of aryl methyl sites for hydroxylation is 1. The minimum Gasteiger partial charge on any atom is -0.496 e. The first kappa shape index (κ1) is 20.3. The van der Waals surface area contributed by atoms with Crippen molar-refractivity contribution >= 4 is 34.0 Å². The van der Waals surface area contributed by atoms with Crippen molar-refractivity contribution in [1.29, 1.82) is 0 Å². The lowest BCUT2D eigenvalue weighted by molar-refractivity contribution is 0.102. The number of methoxy groups -OCH3 is 2. The average Bonchev–Trinajstić information content (AvgIpc) is 3.20. The maximum atomic E-state index is 12.9. The van der Waals surface area contributed by atoms with Gasteiger partial charge in [-0.1, -0.05) is 36.5 Å². The lowest BCUT2D eigenvalue weighted by atomic mass is 10.1. The first-order chi connectivity index (χ1) is 14.1. The molecule has 2 amide bonds. The lowest BCUT2D eigenvalue weighted by Gasteiger charge is -2.14. The Labute approximate surface area is 171 Å². The molecular weight excluding hydrogens is 392 g/mol. The second-order valence-electron chi connectivity index (χ2n) is 5.85. The highest BCUT2D eigenvalue weighted by molar-refractivity contribution is 7.15. The predicted octanol–water partition coefficient (Wildman–Crippen LogP) is 3.62. The summed E-state index contributed by atoms with van der Waals surface area (Å²) in [4.78, 5) is 25.6. The molecule has 0 aliphatic carbocycles. The van der Waals surface area contributed by atoms with Gasteiger partial charge in [-0.15, -0.1) is 10.2 Å². The molecule has 2 aromatic carbocycles. The maximum absolute atomic E-state index is 12.9. The Balaban J connectivity index is 1.86. The number of nitrogens with zero attached hydrogens (tertiary/aromatic N) is 2. The molecule has 0 radical (unpaired) electrons. The zero-order chi connectivity index (χ0) is 20.8. The molecule has 3 aromatic rings. The first-order valence-electron chi connectivity index (χ1n) is 8.82. The van der Waals surface area contributed by atoms with Crippen LogP contribution < -0.4 is 20.1 Å². The molecule has 1 heterocycles. The van der Waals surface area contributed by atoms with Crippen molar-refractivity contribution in [3.63, 3.8) is 0 Å². The summed E-state index contributed by atoms with van der Waals surface area (Å²) in [6.45, 7) is 1.96. The molecule has 3 rings (SSSR count). The SMILES string of the molecule is CCc1nnc(NC(=O)c2ccccc2NC(=O)c2c(OC)cccc2OC)s1. The molecule has 0 spiro atoms. The zero-order valence-electron chi connectivity index (χ0n) is 16.2. The molecular formula is C20H20N4O4S.